The Morgan fingerprint density at radius 3 is 2.80 bits per heavy atom. The Morgan fingerprint density at radius 1 is 1.60 bits per heavy atom. The third kappa shape index (κ3) is 2.76. The summed E-state index contributed by atoms with van der Waals surface area (Å²) in [5, 5.41) is 6.14. The van der Waals surface area contributed by atoms with E-state index in [9.17, 15) is 4.79 Å². The predicted molar refractivity (Wildman–Crippen MR) is 54.1 cm³/mol. The summed E-state index contributed by atoms with van der Waals surface area (Å²) in [5.41, 5.74) is 5.80. The highest BCUT2D eigenvalue weighted by Crippen LogP contribution is 2.16. The Hall–Kier alpha value is -1.43. The van der Waals surface area contributed by atoms with E-state index in [2.05, 4.69) is 15.5 Å². The van der Waals surface area contributed by atoms with Crippen LogP contribution in [0, 0.1) is 5.92 Å². The van der Waals surface area contributed by atoms with Gasteiger partial charge in [0.05, 0.1) is 6.04 Å². The van der Waals surface area contributed by atoms with E-state index in [0.717, 1.165) is 0 Å². The number of aromatic nitrogens is 2. The maximum Gasteiger partial charge on any atom is 0.292 e. The van der Waals surface area contributed by atoms with Crippen molar-refractivity contribution in [1.29, 1.82) is 0 Å². The van der Waals surface area contributed by atoms with Crippen molar-refractivity contribution in [3.05, 3.63) is 11.7 Å². The number of nitrogens with one attached hydrogen (secondary N) is 1. The van der Waals surface area contributed by atoms with Crippen molar-refractivity contribution in [2.75, 3.05) is 6.54 Å². The number of carbonyl (C=O) groups is 1. The van der Waals surface area contributed by atoms with Gasteiger partial charge in [-0.2, -0.15) is 4.98 Å². The van der Waals surface area contributed by atoms with E-state index < -0.39 is 0 Å². The first-order valence-electron chi connectivity index (χ1n) is 4.93. The quantitative estimate of drug-likeness (QED) is 0.756. The molecule has 6 heteroatoms. The third-order valence-corrected chi connectivity index (χ3v) is 1.99. The molecule has 1 aromatic rings. The second kappa shape index (κ2) is 4.88. The molecular weight excluding hydrogens is 196 g/mol. The summed E-state index contributed by atoms with van der Waals surface area (Å²) in [4.78, 5) is 15.2. The summed E-state index contributed by atoms with van der Waals surface area (Å²) in [6, 6.07) is -0.333. The van der Waals surface area contributed by atoms with E-state index >= 15 is 0 Å². The summed E-state index contributed by atoms with van der Waals surface area (Å²) in [6.07, 6.45) is 0. The molecule has 0 fully saturated rings. The van der Waals surface area contributed by atoms with E-state index in [1.165, 1.54) is 0 Å². The largest absolute Gasteiger partial charge is 0.349 e. The molecule has 0 saturated carbocycles. The summed E-state index contributed by atoms with van der Waals surface area (Å²) in [6.45, 7) is 6.24. The standard InChI is InChI=1S/C9H16N4O2/c1-4-11-8(14)7-12-9(15-13-7)6(10)5(2)3/h5-6H,4,10H2,1-3H3,(H,11,14)/t6-/m0/s1. The van der Waals surface area contributed by atoms with Gasteiger partial charge in [0.2, 0.25) is 5.89 Å². The van der Waals surface area contributed by atoms with Crippen LogP contribution in [0.15, 0.2) is 4.52 Å². The predicted octanol–water partition coefficient (Wildman–Crippen LogP) is 0.475. The maximum atomic E-state index is 11.3. The van der Waals surface area contributed by atoms with Crippen LogP contribution in [-0.2, 0) is 0 Å². The van der Waals surface area contributed by atoms with E-state index in [1.807, 2.05) is 20.8 Å². The van der Waals surface area contributed by atoms with Gasteiger partial charge in [0, 0.05) is 6.54 Å². The molecule has 15 heavy (non-hydrogen) atoms. The lowest BCUT2D eigenvalue weighted by Crippen LogP contribution is -2.24. The van der Waals surface area contributed by atoms with Gasteiger partial charge >= 0.3 is 0 Å². The number of nitrogens with zero attached hydrogens (tertiary/aromatic N) is 2. The molecule has 0 aliphatic carbocycles. The minimum atomic E-state index is -0.344. The van der Waals surface area contributed by atoms with E-state index in [1.54, 1.807) is 0 Å². The van der Waals surface area contributed by atoms with Gasteiger partial charge in [-0.15, -0.1) is 0 Å². The number of hydrogen-bond acceptors (Lipinski definition) is 5. The van der Waals surface area contributed by atoms with E-state index in [-0.39, 0.29) is 23.7 Å². The van der Waals surface area contributed by atoms with Crippen LogP contribution in [0.5, 0.6) is 0 Å². The van der Waals surface area contributed by atoms with Crippen LogP contribution in [0.4, 0.5) is 0 Å². The molecule has 1 aromatic heterocycles. The highest BCUT2D eigenvalue weighted by atomic mass is 16.5. The molecule has 0 unspecified atom stereocenters. The molecule has 3 N–H and O–H groups in total. The van der Waals surface area contributed by atoms with Gasteiger partial charge in [0.15, 0.2) is 0 Å². The number of rotatable bonds is 4. The fourth-order valence-electron chi connectivity index (χ4n) is 0.988. The summed E-state index contributed by atoms with van der Waals surface area (Å²) >= 11 is 0. The second-order valence-electron chi connectivity index (χ2n) is 3.59. The zero-order chi connectivity index (χ0) is 11.4. The average Bonchev–Trinajstić information content (AvgIpc) is 2.65. The van der Waals surface area contributed by atoms with Crippen molar-refractivity contribution in [3.63, 3.8) is 0 Å². The van der Waals surface area contributed by atoms with Crippen LogP contribution in [-0.4, -0.2) is 22.6 Å². The number of amides is 1. The molecule has 1 atom stereocenters. The lowest BCUT2D eigenvalue weighted by Gasteiger charge is -2.09. The Balaban J connectivity index is 2.76. The Morgan fingerprint density at radius 2 is 2.27 bits per heavy atom. The maximum absolute atomic E-state index is 11.3. The normalized spacial score (nSPS) is 12.9. The van der Waals surface area contributed by atoms with Gasteiger partial charge in [-0.3, -0.25) is 4.79 Å². The molecule has 0 bridgehead atoms. The summed E-state index contributed by atoms with van der Waals surface area (Å²) in [5.74, 6) is 0.171. The second-order valence-corrected chi connectivity index (χ2v) is 3.59. The van der Waals surface area contributed by atoms with Crippen molar-refractivity contribution in [3.8, 4) is 0 Å². The zero-order valence-electron chi connectivity index (χ0n) is 9.15. The van der Waals surface area contributed by atoms with Crippen LogP contribution in [0.25, 0.3) is 0 Å². The van der Waals surface area contributed by atoms with Crippen LogP contribution in [0.2, 0.25) is 0 Å². The SMILES string of the molecule is CCNC(=O)c1noc([C@@H](N)C(C)C)n1. The van der Waals surface area contributed by atoms with Crippen molar-refractivity contribution in [2.45, 2.75) is 26.8 Å². The topological polar surface area (TPSA) is 94.0 Å². The molecule has 0 aliphatic heterocycles. The monoisotopic (exact) mass is 212 g/mol. The minimum Gasteiger partial charge on any atom is -0.349 e. The molecule has 0 saturated heterocycles. The van der Waals surface area contributed by atoms with Gasteiger partial charge < -0.3 is 15.6 Å². The van der Waals surface area contributed by atoms with Gasteiger partial charge in [0.25, 0.3) is 11.7 Å². The van der Waals surface area contributed by atoms with Gasteiger partial charge in [0.1, 0.15) is 0 Å². The summed E-state index contributed by atoms with van der Waals surface area (Å²) in [7, 11) is 0. The van der Waals surface area contributed by atoms with Gasteiger partial charge in [-0.05, 0) is 12.8 Å². The van der Waals surface area contributed by atoms with Crippen molar-refractivity contribution < 1.29 is 9.32 Å². The molecule has 0 aliphatic rings. The van der Waals surface area contributed by atoms with Crippen LogP contribution >= 0.6 is 0 Å². The molecule has 6 nitrogen and oxygen atoms in total. The van der Waals surface area contributed by atoms with Gasteiger partial charge in [-0.1, -0.05) is 19.0 Å². The highest BCUT2D eigenvalue weighted by molar-refractivity contribution is 5.90. The minimum absolute atomic E-state index is 0.0305. The Kier molecular flexibility index (Phi) is 3.79. The first-order chi connectivity index (χ1) is 7.06. The smallest absolute Gasteiger partial charge is 0.292 e. The fraction of sp³-hybridized carbons (Fsp3) is 0.667. The number of hydrogen-bond donors (Lipinski definition) is 2. The Bertz CT molecular complexity index is 335. The summed E-state index contributed by atoms with van der Waals surface area (Å²) < 4.78 is 4.91. The van der Waals surface area contributed by atoms with E-state index in [0.29, 0.717) is 12.4 Å². The number of carbonyl (C=O) groups excluding carboxylic acids is 1. The molecule has 0 aromatic carbocycles. The van der Waals surface area contributed by atoms with E-state index in [4.69, 9.17) is 10.3 Å². The van der Waals surface area contributed by atoms with Crippen LogP contribution in [0.1, 0.15) is 43.3 Å². The fourth-order valence-corrected chi connectivity index (χ4v) is 0.988. The third-order valence-electron chi connectivity index (χ3n) is 1.99. The average molecular weight is 212 g/mol. The lowest BCUT2D eigenvalue weighted by molar-refractivity contribution is 0.0942. The lowest BCUT2D eigenvalue weighted by atomic mass is 10.1. The molecule has 84 valence electrons. The zero-order valence-corrected chi connectivity index (χ0v) is 9.15. The molecular formula is C9H16N4O2. The number of nitrogens with two attached hydrogens (primary N) is 1. The first kappa shape index (κ1) is 11.6. The van der Waals surface area contributed by atoms with Gasteiger partial charge in [-0.25, -0.2) is 0 Å². The molecule has 0 radical (unpaired) electrons. The van der Waals surface area contributed by atoms with Crippen molar-refractivity contribution in [1.82, 2.24) is 15.5 Å². The molecule has 1 amide bonds. The Labute approximate surface area is 88.2 Å². The molecule has 1 heterocycles. The highest BCUT2D eigenvalue weighted by Gasteiger charge is 2.20. The first-order valence-corrected chi connectivity index (χ1v) is 4.93. The van der Waals surface area contributed by atoms with Crippen molar-refractivity contribution >= 4 is 5.91 Å². The molecule has 0 spiro atoms. The van der Waals surface area contributed by atoms with Crippen LogP contribution in [0.3, 0.4) is 0 Å². The van der Waals surface area contributed by atoms with Crippen molar-refractivity contribution in [2.24, 2.45) is 11.7 Å². The van der Waals surface area contributed by atoms with Crippen LogP contribution < -0.4 is 11.1 Å². The molecule has 1 rings (SSSR count).